The zero-order chi connectivity index (χ0) is 12.8. The third-order valence-electron chi connectivity index (χ3n) is 8.08. The molecule has 17 heavy (non-hydrogen) atoms. The molecule has 0 heteroatoms. The standard InChI is InChI=1S/C17H30/c1-8-10(2)14-12(4)17-13(9-15(17,5)6)11(3)16(14,17)7/h10-14H,8-9H2,1-7H3. The molecule has 3 saturated carbocycles. The fourth-order valence-corrected chi connectivity index (χ4v) is 7.72. The van der Waals surface area contributed by atoms with Gasteiger partial charge < -0.3 is 0 Å². The average Bonchev–Trinajstić information content (AvgIpc) is 2.24. The monoisotopic (exact) mass is 234 g/mol. The summed E-state index contributed by atoms with van der Waals surface area (Å²) in [4.78, 5) is 0. The van der Waals surface area contributed by atoms with Gasteiger partial charge in [-0.25, -0.2) is 0 Å². The normalized spacial score (nSPS) is 60.2. The lowest BCUT2D eigenvalue weighted by molar-refractivity contribution is -0.460. The second-order valence-electron chi connectivity index (χ2n) is 8.33. The van der Waals surface area contributed by atoms with Gasteiger partial charge in [-0.15, -0.1) is 0 Å². The largest absolute Gasteiger partial charge is 0.0651 e. The van der Waals surface area contributed by atoms with Gasteiger partial charge in [-0.1, -0.05) is 54.9 Å². The minimum atomic E-state index is 0.613. The lowest BCUT2D eigenvalue weighted by Crippen LogP contribution is -2.88. The summed E-state index contributed by atoms with van der Waals surface area (Å²) >= 11 is 0. The lowest BCUT2D eigenvalue weighted by atomic mass is 9.11. The molecule has 0 aromatic rings. The Morgan fingerprint density at radius 1 is 1.12 bits per heavy atom. The topological polar surface area (TPSA) is 0 Å². The van der Waals surface area contributed by atoms with Gasteiger partial charge >= 0.3 is 0 Å². The molecule has 0 aromatic heterocycles. The fraction of sp³-hybridized carbons (Fsp3) is 1.00. The second-order valence-corrected chi connectivity index (χ2v) is 8.33. The Hall–Kier alpha value is 0. The van der Waals surface area contributed by atoms with Gasteiger partial charge in [0.2, 0.25) is 0 Å². The first-order valence-corrected chi connectivity index (χ1v) is 7.76. The fourth-order valence-electron chi connectivity index (χ4n) is 7.72. The second kappa shape index (κ2) is 2.94. The predicted octanol–water partition coefficient (Wildman–Crippen LogP) is 4.99. The molecule has 0 saturated heterocycles. The van der Waals surface area contributed by atoms with Crippen LogP contribution in [0.4, 0.5) is 0 Å². The van der Waals surface area contributed by atoms with Crippen LogP contribution in [0.3, 0.4) is 0 Å². The van der Waals surface area contributed by atoms with Crippen LogP contribution in [0.25, 0.3) is 0 Å². The Balaban J connectivity index is 1.98. The van der Waals surface area contributed by atoms with E-state index in [1.54, 1.807) is 0 Å². The van der Waals surface area contributed by atoms with Crippen molar-refractivity contribution in [1.29, 1.82) is 0 Å². The summed E-state index contributed by atoms with van der Waals surface area (Å²) in [6, 6.07) is 0. The van der Waals surface area contributed by atoms with Crippen molar-refractivity contribution in [3.8, 4) is 0 Å². The van der Waals surface area contributed by atoms with Crippen LogP contribution in [0, 0.1) is 45.8 Å². The van der Waals surface area contributed by atoms with Gasteiger partial charge in [0, 0.05) is 0 Å². The van der Waals surface area contributed by atoms with E-state index >= 15 is 0 Å². The predicted molar refractivity (Wildman–Crippen MR) is 73.7 cm³/mol. The van der Waals surface area contributed by atoms with Crippen LogP contribution in [0.15, 0.2) is 0 Å². The Morgan fingerprint density at radius 3 is 2.18 bits per heavy atom. The van der Waals surface area contributed by atoms with Crippen molar-refractivity contribution in [1.82, 2.24) is 0 Å². The van der Waals surface area contributed by atoms with Crippen LogP contribution < -0.4 is 0 Å². The van der Waals surface area contributed by atoms with Gasteiger partial charge in [0.15, 0.2) is 0 Å². The van der Waals surface area contributed by atoms with Gasteiger partial charge in [-0.3, -0.25) is 0 Å². The first-order chi connectivity index (χ1) is 7.76. The molecule has 98 valence electrons. The molecule has 1 spiro atoms. The third kappa shape index (κ3) is 0.843. The van der Waals surface area contributed by atoms with Crippen LogP contribution in [0.5, 0.6) is 0 Å². The molecule has 0 radical (unpaired) electrons. The zero-order valence-corrected chi connectivity index (χ0v) is 12.8. The van der Waals surface area contributed by atoms with Gasteiger partial charge in [0.05, 0.1) is 0 Å². The first-order valence-electron chi connectivity index (χ1n) is 7.76. The molecule has 0 nitrogen and oxygen atoms in total. The molecule has 0 amide bonds. The van der Waals surface area contributed by atoms with Gasteiger partial charge in [0.1, 0.15) is 0 Å². The van der Waals surface area contributed by atoms with Crippen LogP contribution in [0.2, 0.25) is 0 Å². The summed E-state index contributed by atoms with van der Waals surface area (Å²) in [7, 11) is 0. The van der Waals surface area contributed by atoms with Crippen molar-refractivity contribution in [2.45, 2.75) is 61.3 Å². The Labute approximate surface area is 108 Å². The molecule has 0 aromatic carbocycles. The van der Waals surface area contributed by atoms with Crippen molar-refractivity contribution in [2.75, 3.05) is 0 Å². The van der Waals surface area contributed by atoms with E-state index in [1.807, 2.05) is 0 Å². The van der Waals surface area contributed by atoms with E-state index in [0.29, 0.717) is 16.2 Å². The van der Waals surface area contributed by atoms with Crippen LogP contribution >= 0.6 is 0 Å². The van der Waals surface area contributed by atoms with Crippen molar-refractivity contribution in [2.24, 2.45) is 45.8 Å². The van der Waals surface area contributed by atoms with Gasteiger partial charge in [-0.2, -0.15) is 0 Å². The van der Waals surface area contributed by atoms with Crippen molar-refractivity contribution in [3.63, 3.8) is 0 Å². The van der Waals surface area contributed by atoms with Crippen LogP contribution in [-0.2, 0) is 0 Å². The highest BCUT2D eigenvalue weighted by molar-refractivity contribution is 5.35. The molecule has 3 fully saturated rings. The number of hydrogen-bond donors (Lipinski definition) is 0. The quantitative estimate of drug-likeness (QED) is 0.631. The summed E-state index contributed by atoms with van der Waals surface area (Å²) in [5.74, 6) is 4.90. The van der Waals surface area contributed by atoms with Crippen LogP contribution in [0.1, 0.15) is 61.3 Å². The Bertz CT molecular complexity index is 355. The summed E-state index contributed by atoms with van der Waals surface area (Å²) in [6.07, 6.45) is 2.85. The maximum absolute atomic E-state index is 2.63. The molecule has 3 aliphatic carbocycles. The molecule has 3 rings (SSSR count). The molecule has 3 aliphatic rings. The minimum Gasteiger partial charge on any atom is -0.0651 e. The maximum Gasteiger partial charge on any atom is -0.0127 e. The van der Waals surface area contributed by atoms with E-state index in [1.165, 1.54) is 12.8 Å². The van der Waals surface area contributed by atoms with Gasteiger partial charge in [0.25, 0.3) is 0 Å². The number of hydrogen-bond acceptors (Lipinski definition) is 0. The van der Waals surface area contributed by atoms with Crippen molar-refractivity contribution >= 4 is 0 Å². The lowest BCUT2D eigenvalue weighted by Gasteiger charge is -2.93. The maximum atomic E-state index is 2.63. The molecular formula is C17H30. The zero-order valence-electron chi connectivity index (χ0n) is 12.8. The van der Waals surface area contributed by atoms with Crippen LogP contribution in [-0.4, -0.2) is 0 Å². The van der Waals surface area contributed by atoms with Crippen molar-refractivity contribution < 1.29 is 0 Å². The highest BCUT2D eigenvalue weighted by atomic mass is 14.9. The Morgan fingerprint density at radius 2 is 1.71 bits per heavy atom. The smallest absolute Gasteiger partial charge is 0.0127 e. The minimum absolute atomic E-state index is 0.613. The van der Waals surface area contributed by atoms with E-state index in [9.17, 15) is 0 Å². The molecule has 0 N–H and O–H groups in total. The molecule has 7 unspecified atom stereocenters. The average molecular weight is 234 g/mol. The SMILES string of the molecule is CCC(C)C1C(C)C23C(CC2(C)C)C(C)C13C. The number of rotatable bonds is 2. The summed E-state index contributed by atoms with van der Waals surface area (Å²) in [5, 5.41) is 0. The highest BCUT2D eigenvalue weighted by Gasteiger charge is 2.88. The highest BCUT2D eigenvalue weighted by Crippen LogP contribution is 2.93. The molecule has 0 aliphatic heterocycles. The first kappa shape index (κ1) is 12.1. The van der Waals surface area contributed by atoms with Crippen molar-refractivity contribution in [3.05, 3.63) is 0 Å². The summed E-state index contributed by atoms with van der Waals surface area (Å²) < 4.78 is 0. The summed E-state index contributed by atoms with van der Waals surface area (Å²) in [5.41, 5.74) is 1.99. The van der Waals surface area contributed by atoms with E-state index in [0.717, 1.165) is 29.6 Å². The Kier molecular flexibility index (Phi) is 2.08. The molecule has 0 bridgehead atoms. The van der Waals surface area contributed by atoms with E-state index < -0.39 is 0 Å². The van der Waals surface area contributed by atoms with E-state index in [2.05, 4.69) is 48.5 Å². The third-order valence-corrected chi connectivity index (χ3v) is 8.08. The van der Waals surface area contributed by atoms with E-state index in [4.69, 9.17) is 0 Å². The van der Waals surface area contributed by atoms with E-state index in [-0.39, 0.29) is 0 Å². The summed E-state index contributed by atoms with van der Waals surface area (Å²) in [6.45, 7) is 17.7. The molecular weight excluding hydrogens is 204 g/mol. The van der Waals surface area contributed by atoms with Gasteiger partial charge in [-0.05, 0) is 52.3 Å². The molecule has 7 atom stereocenters. The molecule has 0 heterocycles.